The minimum Gasteiger partial charge on any atom is -0.508 e. The zero-order valence-electron chi connectivity index (χ0n) is 17.2. The number of halogens is 1. The van der Waals surface area contributed by atoms with E-state index in [-0.39, 0.29) is 11.7 Å². The molecule has 1 amide bonds. The summed E-state index contributed by atoms with van der Waals surface area (Å²) in [5, 5.41) is 17.6. The Morgan fingerprint density at radius 2 is 1.84 bits per heavy atom. The number of phenols is 1. The highest BCUT2D eigenvalue weighted by Crippen LogP contribution is 2.45. The van der Waals surface area contributed by atoms with E-state index >= 15 is 0 Å². The summed E-state index contributed by atoms with van der Waals surface area (Å²) in [4.78, 5) is 15.2. The summed E-state index contributed by atoms with van der Waals surface area (Å²) in [6.45, 7) is 2.53. The van der Waals surface area contributed by atoms with Crippen molar-refractivity contribution in [2.24, 2.45) is 0 Å². The van der Waals surface area contributed by atoms with Crippen molar-refractivity contribution in [3.63, 3.8) is 0 Å². The molecule has 1 aliphatic rings. The van der Waals surface area contributed by atoms with Crippen molar-refractivity contribution in [1.29, 1.82) is 0 Å². The van der Waals surface area contributed by atoms with Crippen molar-refractivity contribution >= 4 is 27.5 Å². The van der Waals surface area contributed by atoms with Gasteiger partial charge in [-0.25, -0.2) is 0 Å². The molecule has 2 N–H and O–H groups in total. The van der Waals surface area contributed by atoms with Crippen LogP contribution in [-0.2, 0) is 0 Å². The number of benzene rings is 3. The zero-order chi connectivity index (χ0) is 22.2. The Labute approximate surface area is 193 Å². The number of aromatic nitrogens is 2. The predicted octanol–water partition coefficient (Wildman–Crippen LogP) is 5.69. The molecule has 0 unspecified atom stereocenters. The zero-order valence-corrected chi connectivity index (χ0v) is 18.8. The van der Waals surface area contributed by atoms with Gasteiger partial charge >= 0.3 is 0 Å². The van der Waals surface area contributed by atoms with Gasteiger partial charge in [-0.05, 0) is 73.2 Å². The van der Waals surface area contributed by atoms with Gasteiger partial charge in [0.2, 0.25) is 0 Å². The molecule has 1 aromatic heterocycles. The molecule has 1 atom stereocenters. The number of nitrogens with one attached hydrogen (secondary N) is 1. The number of nitrogens with zero attached hydrogens (tertiary/aromatic N) is 2. The number of ether oxygens (including phenoxy) is 1. The highest BCUT2D eigenvalue weighted by molar-refractivity contribution is 9.10. The molecule has 160 valence electrons. The summed E-state index contributed by atoms with van der Waals surface area (Å²) in [5.41, 5.74) is 4.37. The summed E-state index contributed by atoms with van der Waals surface area (Å²) in [6.07, 6.45) is 0. The quantitative estimate of drug-likeness (QED) is 0.377. The Hall–Kier alpha value is -3.58. The van der Waals surface area contributed by atoms with E-state index in [1.807, 2.05) is 61.5 Å². The number of carbonyl (C=O) groups excluding carboxylic acids is 1. The monoisotopic (exact) mass is 489 g/mol. The van der Waals surface area contributed by atoms with Crippen LogP contribution >= 0.6 is 15.9 Å². The van der Waals surface area contributed by atoms with Crippen LogP contribution in [0.2, 0.25) is 0 Å². The average Bonchev–Trinajstić information content (AvgIpc) is 3.34. The van der Waals surface area contributed by atoms with E-state index in [0.29, 0.717) is 18.0 Å². The molecule has 0 saturated heterocycles. The SMILES string of the molecule is CCOc1ccc(-c2n[nH]c3c2[C@H](c2cccc(O)c2)N(c2ccc(Br)cc2)C3=O)cc1. The predicted molar refractivity (Wildman–Crippen MR) is 126 cm³/mol. The van der Waals surface area contributed by atoms with Crippen LogP contribution in [0.3, 0.4) is 0 Å². The second-order valence-electron chi connectivity index (χ2n) is 7.47. The normalized spacial score (nSPS) is 15.1. The third kappa shape index (κ3) is 3.44. The van der Waals surface area contributed by atoms with Crippen LogP contribution in [0, 0.1) is 0 Å². The van der Waals surface area contributed by atoms with Crippen LogP contribution in [0.1, 0.15) is 34.6 Å². The number of hydrogen-bond donors (Lipinski definition) is 2. The van der Waals surface area contributed by atoms with Gasteiger partial charge in [-0.15, -0.1) is 0 Å². The summed E-state index contributed by atoms with van der Waals surface area (Å²) in [7, 11) is 0. The highest BCUT2D eigenvalue weighted by atomic mass is 79.9. The Morgan fingerprint density at radius 3 is 2.53 bits per heavy atom. The third-order valence-corrected chi connectivity index (χ3v) is 6.03. The molecule has 0 spiro atoms. The maximum absolute atomic E-state index is 13.5. The number of aromatic amines is 1. The van der Waals surface area contributed by atoms with E-state index in [2.05, 4.69) is 26.1 Å². The summed E-state index contributed by atoms with van der Waals surface area (Å²) in [6, 6.07) is 21.8. The largest absolute Gasteiger partial charge is 0.508 e. The maximum Gasteiger partial charge on any atom is 0.277 e. The van der Waals surface area contributed by atoms with Crippen LogP contribution in [0.5, 0.6) is 11.5 Å². The van der Waals surface area contributed by atoms with E-state index in [4.69, 9.17) is 4.74 Å². The number of carbonyl (C=O) groups is 1. The minimum atomic E-state index is -0.439. The molecule has 0 radical (unpaired) electrons. The Kier molecular flexibility index (Phi) is 5.19. The minimum absolute atomic E-state index is 0.144. The second kappa shape index (κ2) is 8.16. The first-order chi connectivity index (χ1) is 15.6. The average molecular weight is 490 g/mol. The van der Waals surface area contributed by atoms with E-state index in [1.165, 1.54) is 0 Å². The number of H-pyrrole nitrogens is 1. The topological polar surface area (TPSA) is 78.5 Å². The molecule has 1 aliphatic heterocycles. The van der Waals surface area contributed by atoms with Crippen LogP contribution in [0.25, 0.3) is 11.3 Å². The maximum atomic E-state index is 13.5. The molecular weight excluding hydrogens is 470 g/mol. The Bertz CT molecular complexity index is 1280. The molecule has 2 heterocycles. The second-order valence-corrected chi connectivity index (χ2v) is 8.38. The summed E-state index contributed by atoms with van der Waals surface area (Å²) >= 11 is 3.46. The van der Waals surface area contributed by atoms with Gasteiger partial charge in [0.05, 0.1) is 18.3 Å². The van der Waals surface area contributed by atoms with Gasteiger partial charge in [0, 0.05) is 21.3 Å². The number of fused-ring (bicyclic) bond motifs is 1. The molecule has 7 heteroatoms. The van der Waals surface area contributed by atoms with Crippen LogP contribution < -0.4 is 9.64 Å². The molecule has 0 saturated carbocycles. The lowest BCUT2D eigenvalue weighted by Crippen LogP contribution is -2.29. The molecule has 32 heavy (non-hydrogen) atoms. The number of aromatic hydroxyl groups is 1. The van der Waals surface area contributed by atoms with E-state index in [1.54, 1.807) is 23.1 Å². The smallest absolute Gasteiger partial charge is 0.277 e. The lowest BCUT2D eigenvalue weighted by atomic mass is 9.95. The molecule has 0 fully saturated rings. The molecular formula is C25H20BrN3O3. The standard InChI is InChI=1S/C25H20BrN3O3/c1-2-32-20-12-6-15(7-13-20)22-21-23(28-27-22)25(31)29(18-10-8-17(26)9-11-18)24(21)16-4-3-5-19(30)14-16/h3-14,24,30H,2H2,1H3,(H,27,28)/t24-/m0/s1. The lowest BCUT2D eigenvalue weighted by molar-refractivity contribution is 0.0988. The third-order valence-electron chi connectivity index (χ3n) is 5.50. The molecule has 4 aromatic rings. The van der Waals surface area contributed by atoms with Gasteiger partial charge in [-0.2, -0.15) is 5.10 Å². The summed E-state index contributed by atoms with van der Waals surface area (Å²) < 4.78 is 6.48. The first kappa shape index (κ1) is 20.3. The van der Waals surface area contributed by atoms with E-state index in [9.17, 15) is 9.90 Å². The molecule has 0 bridgehead atoms. The van der Waals surface area contributed by atoms with Gasteiger partial charge in [-0.3, -0.25) is 14.8 Å². The number of phenolic OH excluding ortho intramolecular Hbond substituents is 1. The molecule has 6 nitrogen and oxygen atoms in total. The van der Waals surface area contributed by atoms with Gasteiger partial charge in [-0.1, -0.05) is 28.1 Å². The fraction of sp³-hybridized carbons (Fsp3) is 0.120. The van der Waals surface area contributed by atoms with Crippen molar-refractivity contribution in [1.82, 2.24) is 10.2 Å². The lowest BCUT2D eigenvalue weighted by Gasteiger charge is -2.26. The molecule has 3 aromatic carbocycles. The van der Waals surface area contributed by atoms with Gasteiger partial charge in [0.15, 0.2) is 0 Å². The molecule has 5 rings (SSSR count). The van der Waals surface area contributed by atoms with Crippen LogP contribution in [-0.4, -0.2) is 27.8 Å². The van der Waals surface area contributed by atoms with Gasteiger partial charge in [0.25, 0.3) is 5.91 Å². The van der Waals surface area contributed by atoms with Crippen molar-refractivity contribution in [3.05, 3.63) is 94.1 Å². The van der Waals surface area contributed by atoms with Crippen molar-refractivity contribution in [3.8, 4) is 22.8 Å². The fourth-order valence-electron chi connectivity index (χ4n) is 4.12. The van der Waals surface area contributed by atoms with Crippen molar-refractivity contribution in [2.75, 3.05) is 11.5 Å². The highest BCUT2D eigenvalue weighted by Gasteiger charge is 2.43. The Morgan fingerprint density at radius 1 is 1.09 bits per heavy atom. The van der Waals surface area contributed by atoms with Crippen LogP contribution in [0.15, 0.2) is 77.3 Å². The number of rotatable bonds is 5. The number of hydrogen-bond acceptors (Lipinski definition) is 4. The Balaban J connectivity index is 1.67. The number of anilines is 1. The van der Waals surface area contributed by atoms with Crippen molar-refractivity contribution < 1.29 is 14.6 Å². The first-order valence-electron chi connectivity index (χ1n) is 10.3. The number of amides is 1. The first-order valence-corrected chi connectivity index (χ1v) is 11.1. The van der Waals surface area contributed by atoms with Crippen LogP contribution in [0.4, 0.5) is 5.69 Å². The van der Waals surface area contributed by atoms with E-state index in [0.717, 1.165) is 32.6 Å². The van der Waals surface area contributed by atoms with E-state index < -0.39 is 6.04 Å². The van der Waals surface area contributed by atoms with Gasteiger partial charge < -0.3 is 9.84 Å². The van der Waals surface area contributed by atoms with Gasteiger partial charge in [0.1, 0.15) is 17.2 Å². The molecule has 0 aliphatic carbocycles. The fourth-order valence-corrected chi connectivity index (χ4v) is 4.39. The summed E-state index contributed by atoms with van der Waals surface area (Å²) in [5.74, 6) is 0.756. The van der Waals surface area contributed by atoms with Crippen molar-refractivity contribution in [2.45, 2.75) is 13.0 Å².